The summed E-state index contributed by atoms with van der Waals surface area (Å²) < 4.78 is 31.9. The Labute approximate surface area is 165 Å². The topological polar surface area (TPSA) is 92.8 Å². The number of ether oxygens (including phenoxy) is 1. The number of halogens is 1. The molecular formula is C18H25ClN2O5S. The van der Waals surface area contributed by atoms with Crippen LogP contribution in [-0.2, 0) is 19.6 Å². The Hall–Kier alpha value is -1.64. The van der Waals surface area contributed by atoms with Crippen LogP contribution in [0.5, 0.6) is 0 Å². The number of hydrogen-bond acceptors (Lipinski definition) is 5. The van der Waals surface area contributed by atoms with Gasteiger partial charge in [-0.1, -0.05) is 25.4 Å². The van der Waals surface area contributed by atoms with E-state index in [0.717, 1.165) is 12.8 Å². The molecule has 0 spiro atoms. The minimum atomic E-state index is -3.69. The van der Waals surface area contributed by atoms with Crippen LogP contribution in [0.25, 0.3) is 0 Å². The summed E-state index contributed by atoms with van der Waals surface area (Å²) in [5.41, 5.74) is -0.0829. The number of nitrogens with one attached hydrogen (secondary N) is 1. The summed E-state index contributed by atoms with van der Waals surface area (Å²) in [5.74, 6) is -1.00. The van der Waals surface area contributed by atoms with Crippen LogP contribution in [-0.4, -0.2) is 50.3 Å². The van der Waals surface area contributed by atoms with Gasteiger partial charge in [0.25, 0.3) is 5.91 Å². The van der Waals surface area contributed by atoms with E-state index in [-0.39, 0.29) is 21.4 Å². The number of amides is 1. The monoisotopic (exact) mass is 416 g/mol. The third-order valence-corrected chi connectivity index (χ3v) is 6.42. The van der Waals surface area contributed by atoms with Gasteiger partial charge in [0.2, 0.25) is 10.0 Å². The summed E-state index contributed by atoms with van der Waals surface area (Å²) in [4.78, 5) is 24.4. The molecule has 1 fully saturated rings. The highest BCUT2D eigenvalue weighted by Gasteiger charge is 2.29. The summed E-state index contributed by atoms with van der Waals surface area (Å²) in [6.07, 6.45) is 0.598. The molecule has 7 nitrogen and oxygen atoms in total. The number of rotatable bonds is 7. The lowest BCUT2D eigenvalue weighted by molar-refractivity contribution is -0.129. The smallest absolute Gasteiger partial charge is 0.340 e. The normalized spacial score (nSPS) is 16.3. The highest BCUT2D eigenvalue weighted by atomic mass is 35.5. The van der Waals surface area contributed by atoms with Gasteiger partial charge >= 0.3 is 5.97 Å². The van der Waals surface area contributed by atoms with Gasteiger partial charge in [-0.05, 0) is 43.9 Å². The van der Waals surface area contributed by atoms with Crippen molar-refractivity contribution in [1.82, 2.24) is 9.62 Å². The van der Waals surface area contributed by atoms with Crippen molar-refractivity contribution >= 4 is 33.5 Å². The van der Waals surface area contributed by atoms with Crippen molar-refractivity contribution in [3.63, 3.8) is 0 Å². The zero-order chi connectivity index (χ0) is 20.2. The van der Waals surface area contributed by atoms with Crippen molar-refractivity contribution < 1.29 is 22.7 Å². The van der Waals surface area contributed by atoms with Gasteiger partial charge in [-0.3, -0.25) is 4.79 Å². The SMILES string of the molecule is CC(C)CNC(=O)[C@@H](C)OC(=O)c1cc(S(=O)(=O)N2CCCC2)ccc1Cl. The Morgan fingerprint density at radius 1 is 1.22 bits per heavy atom. The molecule has 1 N–H and O–H groups in total. The summed E-state index contributed by atoms with van der Waals surface area (Å²) in [7, 11) is -3.69. The molecule has 1 amide bonds. The molecule has 0 aliphatic carbocycles. The van der Waals surface area contributed by atoms with Gasteiger partial charge < -0.3 is 10.1 Å². The van der Waals surface area contributed by atoms with Gasteiger partial charge in [0.05, 0.1) is 15.5 Å². The van der Waals surface area contributed by atoms with Gasteiger partial charge in [-0.25, -0.2) is 13.2 Å². The van der Waals surface area contributed by atoms with Crippen LogP contribution in [0.2, 0.25) is 5.02 Å². The fourth-order valence-corrected chi connectivity index (χ4v) is 4.36. The molecule has 27 heavy (non-hydrogen) atoms. The molecule has 0 aromatic heterocycles. The number of carbonyl (C=O) groups excluding carboxylic acids is 2. The zero-order valence-electron chi connectivity index (χ0n) is 15.7. The van der Waals surface area contributed by atoms with E-state index >= 15 is 0 Å². The number of carbonyl (C=O) groups is 2. The molecule has 1 aromatic rings. The third-order valence-electron chi connectivity index (χ3n) is 4.20. The van der Waals surface area contributed by atoms with Crippen molar-refractivity contribution in [2.75, 3.05) is 19.6 Å². The van der Waals surface area contributed by atoms with Gasteiger partial charge in [0, 0.05) is 19.6 Å². The Bertz CT molecular complexity index is 804. The third kappa shape index (κ3) is 5.43. The largest absolute Gasteiger partial charge is 0.449 e. The Morgan fingerprint density at radius 3 is 2.44 bits per heavy atom. The number of benzene rings is 1. The van der Waals surface area contributed by atoms with E-state index in [0.29, 0.717) is 19.6 Å². The fraction of sp³-hybridized carbons (Fsp3) is 0.556. The van der Waals surface area contributed by atoms with E-state index in [4.69, 9.17) is 16.3 Å². The molecule has 0 saturated carbocycles. The highest BCUT2D eigenvalue weighted by molar-refractivity contribution is 7.89. The second kappa shape index (κ2) is 9.03. The van der Waals surface area contributed by atoms with Crippen LogP contribution in [0, 0.1) is 5.92 Å². The van der Waals surface area contributed by atoms with E-state index in [2.05, 4.69) is 5.32 Å². The Morgan fingerprint density at radius 2 is 1.85 bits per heavy atom. The molecule has 0 radical (unpaired) electrons. The Balaban J connectivity index is 2.15. The average Bonchev–Trinajstić information content (AvgIpc) is 3.15. The first kappa shape index (κ1) is 21.7. The fourth-order valence-electron chi connectivity index (χ4n) is 2.62. The zero-order valence-corrected chi connectivity index (χ0v) is 17.3. The van der Waals surface area contributed by atoms with Crippen LogP contribution < -0.4 is 5.32 Å². The number of nitrogens with zero attached hydrogens (tertiary/aromatic N) is 1. The highest BCUT2D eigenvalue weighted by Crippen LogP contribution is 2.26. The van der Waals surface area contributed by atoms with Crippen molar-refractivity contribution in [2.45, 2.75) is 44.6 Å². The van der Waals surface area contributed by atoms with E-state index in [1.165, 1.54) is 29.4 Å². The molecule has 2 rings (SSSR count). The van der Waals surface area contributed by atoms with Crippen molar-refractivity contribution in [3.8, 4) is 0 Å². The lowest BCUT2D eigenvalue weighted by Crippen LogP contribution is -2.37. The summed E-state index contributed by atoms with van der Waals surface area (Å²) in [5, 5.41) is 2.74. The molecular weight excluding hydrogens is 392 g/mol. The van der Waals surface area contributed by atoms with E-state index in [1.54, 1.807) is 0 Å². The van der Waals surface area contributed by atoms with E-state index in [1.807, 2.05) is 13.8 Å². The second-order valence-electron chi connectivity index (χ2n) is 6.94. The lowest BCUT2D eigenvalue weighted by Gasteiger charge is -2.17. The number of hydrogen-bond donors (Lipinski definition) is 1. The minimum Gasteiger partial charge on any atom is -0.449 e. The van der Waals surface area contributed by atoms with Crippen LogP contribution in [0.15, 0.2) is 23.1 Å². The molecule has 1 atom stereocenters. The van der Waals surface area contributed by atoms with Gasteiger partial charge in [-0.2, -0.15) is 4.31 Å². The number of esters is 1. The van der Waals surface area contributed by atoms with Crippen LogP contribution in [0.4, 0.5) is 0 Å². The lowest BCUT2D eigenvalue weighted by atomic mass is 10.2. The molecule has 1 aliphatic rings. The predicted octanol–water partition coefficient (Wildman–Crippen LogP) is 2.44. The molecule has 1 saturated heterocycles. The predicted molar refractivity (Wildman–Crippen MR) is 102 cm³/mol. The molecule has 1 heterocycles. The maximum absolute atomic E-state index is 12.7. The van der Waals surface area contributed by atoms with Gasteiger partial charge in [0.15, 0.2) is 6.10 Å². The van der Waals surface area contributed by atoms with Crippen LogP contribution in [0.1, 0.15) is 44.0 Å². The van der Waals surface area contributed by atoms with Crippen LogP contribution in [0.3, 0.4) is 0 Å². The summed E-state index contributed by atoms with van der Waals surface area (Å²) in [6.45, 7) is 6.72. The molecule has 1 aromatic carbocycles. The molecule has 150 valence electrons. The van der Waals surface area contributed by atoms with E-state index < -0.39 is 28.0 Å². The quantitative estimate of drug-likeness (QED) is 0.689. The van der Waals surface area contributed by atoms with Crippen molar-refractivity contribution in [3.05, 3.63) is 28.8 Å². The van der Waals surface area contributed by atoms with Gasteiger partial charge in [-0.15, -0.1) is 0 Å². The van der Waals surface area contributed by atoms with E-state index in [9.17, 15) is 18.0 Å². The molecule has 1 aliphatic heterocycles. The van der Waals surface area contributed by atoms with Crippen molar-refractivity contribution in [1.29, 1.82) is 0 Å². The number of sulfonamides is 1. The van der Waals surface area contributed by atoms with Gasteiger partial charge in [0.1, 0.15) is 0 Å². The first-order valence-corrected chi connectivity index (χ1v) is 10.7. The summed E-state index contributed by atoms with van der Waals surface area (Å²) >= 11 is 6.06. The van der Waals surface area contributed by atoms with Crippen LogP contribution >= 0.6 is 11.6 Å². The average molecular weight is 417 g/mol. The summed E-state index contributed by atoms with van der Waals surface area (Å²) in [6, 6.07) is 3.92. The minimum absolute atomic E-state index is 0.0161. The standard InChI is InChI=1S/C18H25ClN2O5S/c1-12(2)11-20-17(22)13(3)26-18(23)15-10-14(6-7-16(15)19)27(24,25)21-8-4-5-9-21/h6-7,10,12-13H,4-5,8-9,11H2,1-3H3,(H,20,22)/t13-/m1/s1. The second-order valence-corrected chi connectivity index (χ2v) is 9.28. The first-order valence-electron chi connectivity index (χ1n) is 8.91. The molecule has 9 heteroatoms. The molecule has 0 bridgehead atoms. The maximum atomic E-state index is 12.7. The maximum Gasteiger partial charge on any atom is 0.340 e. The molecule has 0 unspecified atom stereocenters. The van der Waals surface area contributed by atoms with Crippen molar-refractivity contribution in [2.24, 2.45) is 5.92 Å². The first-order chi connectivity index (χ1) is 12.6. The Kier molecular flexibility index (Phi) is 7.25.